The number of carbonyl (C=O) groups is 1. The summed E-state index contributed by atoms with van der Waals surface area (Å²) in [6.45, 7) is 3.96. The smallest absolute Gasteiger partial charge is 0.272 e. The van der Waals surface area contributed by atoms with E-state index >= 15 is 0 Å². The lowest BCUT2D eigenvalue weighted by Gasteiger charge is -2.27. The van der Waals surface area contributed by atoms with E-state index in [2.05, 4.69) is 10.3 Å². The van der Waals surface area contributed by atoms with Gasteiger partial charge >= 0.3 is 0 Å². The molecule has 5 nitrogen and oxygen atoms in total. The summed E-state index contributed by atoms with van der Waals surface area (Å²) in [5.41, 5.74) is 0.506. The fraction of sp³-hybridized carbons (Fsp3) is 0.667. The van der Waals surface area contributed by atoms with E-state index in [4.69, 9.17) is 4.74 Å². The summed E-state index contributed by atoms with van der Waals surface area (Å²) in [6.07, 6.45) is 9.63. The molecule has 24 heavy (non-hydrogen) atoms. The second-order valence-corrected chi connectivity index (χ2v) is 6.56. The molecule has 2 fully saturated rings. The van der Waals surface area contributed by atoms with Crippen LogP contribution in [-0.4, -0.2) is 48.6 Å². The van der Waals surface area contributed by atoms with Gasteiger partial charge in [-0.2, -0.15) is 0 Å². The lowest BCUT2D eigenvalue weighted by molar-refractivity contribution is 0.0730. The molecule has 2 heterocycles. The first-order valence-corrected chi connectivity index (χ1v) is 8.92. The Hall–Kier alpha value is -1.33. The minimum Gasteiger partial charge on any atom is -0.492 e. The van der Waals surface area contributed by atoms with Crippen LogP contribution in [0.2, 0.25) is 0 Å². The number of aromatic nitrogens is 1. The number of halogens is 1. The van der Waals surface area contributed by atoms with Crippen molar-refractivity contribution in [2.45, 2.75) is 38.5 Å². The van der Waals surface area contributed by atoms with Gasteiger partial charge in [0.25, 0.3) is 5.91 Å². The average molecular weight is 354 g/mol. The Bertz CT molecular complexity index is 497. The molecule has 1 amide bonds. The minimum atomic E-state index is 0. The maximum atomic E-state index is 12.3. The monoisotopic (exact) mass is 353 g/mol. The third-order valence-electron chi connectivity index (χ3n) is 4.88. The highest BCUT2D eigenvalue weighted by Gasteiger charge is 2.19. The molecule has 0 atom stereocenters. The van der Waals surface area contributed by atoms with Gasteiger partial charge < -0.3 is 15.0 Å². The Labute approximate surface area is 150 Å². The molecule has 0 radical (unpaired) electrons. The Morgan fingerprint density at radius 1 is 1.21 bits per heavy atom. The first-order valence-electron chi connectivity index (χ1n) is 8.92. The lowest BCUT2D eigenvalue weighted by atomic mass is 9.87. The molecule has 1 N–H and O–H groups in total. The molecule has 1 saturated heterocycles. The molecule has 3 rings (SSSR count). The van der Waals surface area contributed by atoms with Crippen LogP contribution in [-0.2, 0) is 0 Å². The second kappa shape index (κ2) is 9.84. The lowest BCUT2D eigenvalue weighted by Crippen LogP contribution is -2.46. The zero-order chi connectivity index (χ0) is 15.9. The fourth-order valence-electron chi connectivity index (χ4n) is 3.44. The fourth-order valence-corrected chi connectivity index (χ4v) is 3.44. The first kappa shape index (κ1) is 19.0. The van der Waals surface area contributed by atoms with Crippen LogP contribution in [0, 0.1) is 5.92 Å². The van der Waals surface area contributed by atoms with Crippen molar-refractivity contribution in [2.24, 2.45) is 5.92 Å². The number of rotatable bonds is 5. The van der Waals surface area contributed by atoms with Gasteiger partial charge in [0, 0.05) is 26.2 Å². The molecule has 6 heteroatoms. The SMILES string of the molecule is Cl.O=C(c1ccc(OCCC2CCCCC2)cn1)N1CCNCC1. The van der Waals surface area contributed by atoms with Crippen molar-refractivity contribution >= 4 is 18.3 Å². The maximum Gasteiger partial charge on any atom is 0.272 e. The molecule has 2 aliphatic rings. The summed E-state index contributed by atoms with van der Waals surface area (Å²) in [4.78, 5) is 18.5. The Balaban J connectivity index is 0.00000208. The van der Waals surface area contributed by atoms with Crippen LogP contribution in [0.5, 0.6) is 5.75 Å². The Kier molecular flexibility index (Phi) is 7.79. The van der Waals surface area contributed by atoms with Crippen molar-refractivity contribution in [3.63, 3.8) is 0 Å². The van der Waals surface area contributed by atoms with Gasteiger partial charge in [-0.15, -0.1) is 12.4 Å². The van der Waals surface area contributed by atoms with E-state index in [1.165, 1.54) is 32.1 Å². The molecule has 1 aliphatic carbocycles. The van der Waals surface area contributed by atoms with Crippen molar-refractivity contribution in [3.8, 4) is 5.75 Å². The van der Waals surface area contributed by atoms with Crippen molar-refractivity contribution < 1.29 is 9.53 Å². The van der Waals surface area contributed by atoms with Crippen LogP contribution in [0.15, 0.2) is 18.3 Å². The summed E-state index contributed by atoms with van der Waals surface area (Å²) < 4.78 is 5.79. The summed E-state index contributed by atoms with van der Waals surface area (Å²) in [5.74, 6) is 1.60. The molecular formula is C18H28ClN3O2. The van der Waals surface area contributed by atoms with Gasteiger partial charge in [-0.05, 0) is 24.5 Å². The number of hydrogen-bond acceptors (Lipinski definition) is 4. The highest BCUT2D eigenvalue weighted by molar-refractivity contribution is 5.92. The summed E-state index contributed by atoms with van der Waals surface area (Å²) in [6, 6.07) is 3.64. The second-order valence-electron chi connectivity index (χ2n) is 6.56. The van der Waals surface area contributed by atoms with E-state index in [1.54, 1.807) is 12.3 Å². The largest absolute Gasteiger partial charge is 0.492 e. The quantitative estimate of drug-likeness (QED) is 0.884. The van der Waals surface area contributed by atoms with Crippen molar-refractivity contribution in [1.82, 2.24) is 15.2 Å². The summed E-state index contributed by atoms with van der Waals surface area (Å²) in [7, 11) is 0. The minimum absolute atomic E-state index is 0. The highest BCUT2D eigenvalue weighted by atomic mass is 35.5. The van der Waals surface area contributed by atoms with Crippen molar-refractivity contribution in [1.29, 1.82) is 0 Å². The molecule has 1 aromatic heterocycles. The number of nitrogens with zero attached hydrogens (tertiary/aromatic N) is 2. The average Bonchev–Trinajstić information content (AvgIpc) is 2.63. The first-order chi connectivity index (χ1) is 11.3. The molecule has 1 saturated carbocycles. The van der Waals surface area contributed by atoms with Crippen molar-refractivity contribution in [3.05, 3.63) is 24.0 Å². The van der Waals surface area contributed by atoms with Crippen LogP contribution >= 0.6 is 12.4 Å². The molecule has 1 aliphatic heterocycles. The maximum absolute atomic E-state index is 12.3. The Morgan fingerprint density at radius 3 is 2.62 bits per heavy atom. The topological polar surface area (TPSA) is 54.5 Å². The van der Waals surface area contributed by atoms with Gasteiger partial charge in [0.05, 0.1) is 12.8 Å². The third kappa shape index (κ3) is 5.35. The van der Waals surface area contributed by atoms with Crippen LogP contribution in [0.1, 0.15) is 49.0 Å². The molecular weight excluding hydrogens is 326 g/mol. The van der Waals surface area contributed by atoms with Crippen molar-refractivity contribution in [2.75, 3.05) is 32.8 Å². The van der Waals surface area contributed by atoms with E-state index in [1.807, 2.05) is 11.0 Å². The van der Waals surface area contributed by atoms with Gasteiger partial charge in [-0.25, -0.2) is 4.98 Å². The zero-order valence-corrected chi connectivity index (χ0v) is 15.0. The molecule has 134 valence electrons. The molecule has 0 unspecified atom stereocenters. The summed E-state index contributed by atoms with van der Waals surface area (Å²) >= 11 is 0. The van der Waals surface area contributed by atoms with E-state index in [0.29, 0.717) is 5.69 Å². The number of amides is 1. The predicted molar refractivity (Wildman–Crippen MR) is 96.9 cm³/mol. The zero-order valence-electron chi connectivity index (χ0n) is 14.2. The van der Waals surface area contributed by atoms with Gasteiger partial charge in [-0.3, -0.25) is 4.79 Å². The number of ether oxygens (including phenoxy) is 1. The van der Waals surface area contributed by atoms with Gasteiger partial charge in [0.1, 0.15) is 11.4 Å². The number of nitrogens with one attached hydrogen (secondary N) is 1. The number of pyridine rings is 1. The highest BCUT2D eigenvalue weighted by Crippen LogP contribution is 2.26. The van der Waals surface area contributed by atoms with E-state index < -0.39 is 0 Å². The number of hydrogen-bond donors (Lipinski definition) is 1. The number of piperazine rings is 1. The molecule has 0 bridgehead atoms. The van der Waals surface area contributed by atoms with Gasteiger partial charge in [-0.1, -0.05) is 32.1 Å². The third-order valence-corrected chi connectivity index (χ3v) is 4.88. The normalized spacial score (nSPS) is 18.8. The van der Waals surface area contributed by atoms with Crippen LogP contribution in [0.3, 0.4) is 0 Å². The van der Waals surface area contributed by atoms with Gasteiger partial charge in [0.2, 0.25) is 0 Å². The van der Waals surface area contributed by atoms with Crippen LogP contribution in [0.4, 0.5) is 0 Å². The van der Waals surface area contributed by atoms with E-state index in [-0.39, 0.29) is 18.3 Å². The number of carbonyl (C=O) groups excluding carboxylic acids is 1. The van der Waals surface area contributed by atoms with Gasteiger partial charge in [0.15, 0.2) is 0 Å². The Morgan fingerprint density at radius 2 is 1.96 bits per heavy atom. The predicted octanol–water partition coefficient (Wildman–Crippen LogP) is 2.90. The van der Waals surface area contributed by atoms with Crippen LogP contribution in [0.25, 0.3) is 0 Å². The van der Waals surface area contributed by atoms with E-state index in [9.17, 15) is 4.79 Å². The molecule has 0 aromatic carbocycles. The molecule has 0 spiro atoms. The van der Waals surface area contributed by atoms with Crippen LogP contribution < -0.4 is 10.1 Å². The molecule has 1 aromatic rings. The standard InChI is InChI=1S/C18H27N3O2.ClH/c22-18(21-11-9-19-10-12-21)17-7-6-16(14-20-17)23-13-8-15-4-2-1-3-5-15;/h6-7,14-15,19H,1-5,8-13H2;1H. The van der Waals surface area contributed by atoms with E-state index in [0.717, 1.165) is 50.9 Å². The summed E-state index contributed by atoms with van der Waals surface area (Å²) in [5, 5.41) is 3.25.